The normalized spacial score (nSPS) is 18.1. The first kappa shape index (κ1) is 17.0. The van der Waals surface area contributed by atoms with Gasteiger partial charge in [-0.15, -0.1) is 0 Å². The highest BCUT2D eigenvalue weighted by molar-refractivity contribution is 5.96. The number of nitrogens with zero attached hydrogens (tertiary/aromatic N) is 3. The van der Waals surface area contributed by atoms with Crippen LogP contribution in [0.3, 0.4) is 0 Å². The molecule has 0 bridgehead atoms. The number of amides is 1. The van der Waals surface area contributed by atoms with Crippen LogP contribution in [-0.2, 0) is 6.54 Å². The van der Waals surface area contributed by atoms with Crippen molar-refractivity contribution in [2.75, 3.05) is 13.1 Å². The number of piperidine rings is 1. The molecule has 1 saturated carbocycles. The van der Waals surface area contributed by atoms with E-state index in [4.69, 9.17) is 0 Å². The van der Waals surface area contributed by atoms with Crippen molar-refractivity contribution in [1.82, 2.24) is 14.7 Å². The van der Waals surface area contributed by atoms with E-state index in [2.05, 4.69) is 11.2 Å². The van der Waals surface area contributed by atoms with Gasteiger partial charge >= 0.3 is 0 Å². The zero-order chi connectivity index (χ0) is 18.1. The fourth-order valence-corrected chi connectivity index (χ4v) is 3.86. The molecule has 0 atom stereocenters. The SMILES string of the molecule is Cc1ccc(=O)n(CC2CCN(C(=O)c3ccccc3C3CC3)CC2)n1. The third-order valence-corrected chi connectivity index (χ3v) is 5.54. The van der Waals surface area contributed by atoms with Crippen molar-refractivity contribution in [3.8, 4) is 0 Å². The highest BCUT2D eigenvalue weighted by Gasteiger charge is 2.30. The maximum Gasteiger partial charge on any atom is 0.266 e. The Hall–Kier alpha value is -2.43. The van der Waals surface area contributed by atoms with Gasteiger partial charge in [-0.05, 0) is 62.1 Å². The molecule has 2 aromatic rings. The van der Waals surface area contributed by atoms with Crippen molar-refractivity contribution >= 4 is 5.91 Å². The maximum absolute atomic E-state index is 13.0. The summed E-state index contributed by atoms with van der Waals surface area (Å²) in [6, 6.07) is 11.4. The molecule has 1 aromatic carbocycles. The van der Waals surface area contributed by atoms with Crippen LogP contribution in [0.1, 0.15) is 53.2 Å². The van der Waals surface area contributed by atoms with Crippen molar-refractivity contribution in [3.63, 3.8) is 0 Å². The highest BCUT2D eigenvalue weighted by atomic mass is 16.2. The number of hydrogen-bond donors (Lipinski definition) is 0. The number of benzene rings is 1. The Morgan fingerprint density at radius 3 is 2.54 bits per heavy atom. The number of aromatic nitrogens is 2. The summed E-state index contributed by atoms with van der Waals surface area (Å²) >= 11 is 0. The van der Waals surface area contributed by atoms with Crippen LogP contribution in [-0.4, -0.2) is 33.7 Å². The topological polar surface area (TPSA) is 55.2 Å². The molecule has 0 N–H and O–H groups in total. The number of aryl methyl sites for hydroxylation is 1. The molecule has 5 nitrogen and oxygen atoms in total. The fraction of sp³-hybridized carbons (Fsp3) is 0.476. The van der Waals surface area contributed by atoms with Gasteiger partial charge in [-0.1, -0.05) is 18.2 Å². The van der Waals surface area contributed by atoms with Crippen LogP contribution in [0.4, 0.5) is 0 Å². The van der Waals surface area contributed by atoms with Crippen molar-refractivity contribution in [3.05, 3.63) is 63.6 Å². The van der Waals surface area contributed by atoms with Crippen molar-refractivity contribution in [2.24, 2.45) is 5.92 Å². The molecule has 0 unspecified atom stereocenters. The summed E-state index contributed by atoms with van der Waals surface area (Å²) in [5, 5.41) is 4.33. The van der Waals surface area contributed by atoms with Gasteiger partial charge in [-0.2, -0.15) is 5.10 Å². The smallest absolute Gasteiger partial charge is 0.266 e. The maximum atomic E-state index is 13.0. The zero-order valence-corrected chi connectivity index (χ0v) is 15.2. The molecular weight excluding hydrogens is 326 g/mol. The fourth-order valence-electron chi connectivity index (χ4n) is 3.86. The Morgan fingerprint density at radius 1 is 1.08 bits per heavy atom. The molecule has 1 aromatic heterocycles. The van der Waals surface area contributed by atoms with Gasteiger partial charge in [-0.25, -0.2) is 4.68 Å². The second kappa shape index (κ2) is 7.06. The summed E-state index contributed by atoms with van der Waals surface area (Å²) < 4.78 is 1.57. The van der Waals surface area contributed by atoms with E-state index in [1.165, 1.54) is 18.4 Å². The number of carbonyl (C=O) groups is 1. The minimum atomic E-state index is -0.0486. The zero-order valence-electron chi connectivity index (χ0n) is 15.2. The van der Waals surface area contributed by atoms with Gasteiger partial charge in [-0.3, -0.25) is 9.59 Å². The Balaban J connectivity index is 1.40. The van der Waals surface area contributed by atoms with Gasteiger partial charge < -0.3 is 4.90 Å². The predicted octanol–water partition coefficient (Wildman–Crippen LogP) is 2.98. The van der Waals surface area contributed by atoms with Crippen LogP contribution in [0.25, 0.3) is 0 Å². The number of hydrogen-bond acceptors (Lipinski definition) is 3. The van der Waals surface area contributed by atoms with E-state index in [0.717, 1.165) is 37.2 Å². The minimum Gasteiger partial charge on any atom is -0.339 e. The molecule has 1 amide bonds. The standard InChI is InChI=1S/C21H25N3O2/c1-15-6-9-20(25)24(22-15)14-16-10-12-23(13-11-16)21(26)19-5-3-2-4-18(19)17-7-8-17/h2-6,9,16-17H,7-8,10-14H2,1H3. The lowest BCUT2D eigenvalue weighted by atomic mass is 9.95. The first-order chi connectivity index (χ1) is 12.6. The van der Waals surface area contributed by atoms with E-state index in [1.54, 1.807) is 16.8 Å². The highest BCUT2D eigenvalue weighted by Crippen LogP contribution is 2.41. The van der Waals surface area contributed by atoms with Crippen LogP contribution in [0.15, 0.2) is 41.2 Å². The third kappa shape index (κ3) is 3.57. The minimum absolute atomic E-state index is 0.0486. The summed E-state index contributed by atoms with van der Waals surface area (Å²) in [6.07, 6.45) is 4.23. The van der Waals surface area contributed by atoms with Crippen LogP contribution in [0.2, 0.25) is 0 Å². The summed E-state index contributed by atoms with van der Waals surface area (Å²) in [6.45, 7) is 4.04. The largest absolute Gasteiger partial charge is 0.339 e. The second-order valence-electron chi connectivity index (χ2n) is 7.59. The summed E-state index contributed by atoms with van der Waals surface area (Å²) in [7, 11) is 0. The second-order valence-corrected chi connectivity index (χ2v) is 7.59. The van der Waals surface area contributed by atoms with Crippen molar-refractivity contribution in [1.29, 1.82) is 0 Å². The molecular formula is C21H25N3O2. The van der Waals surface area contributed by atoms with Crippen molar-refractivity contribution in [2.45, 2.75) is 45.1 Å². The molecule has 2 heterocycles. The Bertz CT molecular complexity index is 862. The average Bonchev–Trinajstić information content (AvgIpc) is 3.50. The van der Waals surface area contributed by atoms with Crippen LogP contribution in [0, 0.1) is 12.8 Å². The lowest BCUT2D eigenvalue weighted by molar-refractivity contribution is 0.0679. The van der Waals surface area contributed by atoms with E-state index in [9.17, 15) is 9.59 Å². The summed E-state index contributed by atoms with van der Waals surface area (Å²) in [5.74, 6) is 1.13. The van der Waals surface area contributed by atoms with E-state index < -0.39 is 0 Å². The molecule has 1 aliphatic carbocycles. The van der Waals surface area contributed by atoms with Crippen molar-refractivity contribution < 1.29 is 4.79 Å². The summed E-state index contributed by atoms with van der Waals surface area (Å²) in [4.78, 5) is 26.9. The van der Waals surface area contributed by atoms with Gasteiger partial charge in [0.25, 0.3) is 11.5 Å². The van der Waals surface area contributed by atoms with Crippen LogP contribution < -0.4 is 5.56 Å². The molecule has 0 radical (unpaired) electrons. The predicted molar refractivity (Wildman–Crippen MR) is 100 cm³/mol. The first-order valence-electron chi connectivity index (χ1n) is 9.55. The Kier molecular flexibility index (Phi) is 4.62. The molecule has 0 spiro atoms. The summed E-state index contributed by atoms with van der Waals surface area (Å²) in [5.41, 5.74) is 2.90. The molecule has 1 saturated heterocycles. The molecule has 5 heteroatoms. The molecule has 1 aliphatic heterocycles. The Morgan fingerprint density at radius 2 is 1.81 bits per heavy atom. The molecule has 2 fully saturated rings. The van der Waals surface area contributed by atoms with E-state index >= 15 is 0 Å². The third-order valence-electron chi connectivity index (χ3n) is 5.54. The van der Waals surface area contributed by atoms with Gasteiger partial charge in [0.2, 0.25) is 0 Å². The van der Waals surface area contributed by atoms with E-state index in [-0.39, 0.29) is 11.5 Å². The van der Waals surface area contributed by atoms with Crippen LogP contribution >= 0.6 is 0 Å². The molecule has 4 rings (SSSR count). The first-order valence-corrected chi connectivity index (χ1v) is 9.55. The van der Waals surface area contributed by atoms with Gasteiger partial charge in [0.05, 0.1) is 5.69 Å². The van der Waals surface area contributed by atoms with Gasteiger partial charge in [0.1, 0.15) is 0 Å². The number of rotatable bonds is 4. The monoisotopic (exact) mass is 351 g/mol. The lowest BCUT2D eigenvalue weighted by Crippen LogP contribution is -2.40. The quantitative estimate of drug-likeness (QED) is 0.851. The molecule has 136 valence electrons. The molecule has 26 heavy (non-hydrogen) atoms. The van der Waals surface area contributed by atoms with Gasteiger partial charge in [0.15, 0.2) is 0 Å². The average molecular weight is 351 g/mol. The number of likely N-dealkylation sites (tertiary alicyclic amines) is 1. The Labute approximate surface area is 153 Å². The van der Waals surface area contributed by atoms with Crippen LogP contribution in [0.5, 0.6) is 0 Å². The van der Waals surface area contributed by atoms with Gasteiger partial charge in [0, 0.05) is 31.3 Å². The molecule has 2 aliphatic rings. The number of carbonyl (C=O) groups excluding carboxylic acids is 1. The van der Waals surface area contributed by atoms with E-state index in [0.29, 0.717) is 18.4 Å². The lowest BCUT2D eigenvalue weighted by Gasteiger charge is -2.32. The van der Waals surface area contributed by atoms with E-state index in [1.807, 2.05) is 30.0 Å².